The molecule has 2 aromatic heterocycles. The van der Waals surface area contributed by atoms with Gasteiger partial charge in [0.25, 0.3) is 5.91 Å². The number of nitrogens with zero attached hydrogens (tertiary/aromatic N) is 2. The predicted molar refractivity (Wildman–Crippen MR) is 93.2 cm³/mol. The van der Waals surface area contributed by atoms with Crippen molar-refractivity contribution in [2.24, 2.45) is 5.10 Å². The fourth-order valence-corrected chi connectivity index (χ4v) is 2.32. The Bertz CT molecular complexity index is 888. The van der Waals surface area contributed by atoms with Crippen LogP contribution in [-0.2, 0) is 0 Å². The molecule has 0 saturated heterocycles. The third kappa shape index (κ3) is 3.70. The molecule has 0 bridgehead atoms. The summed E-state index contributed by atoms with van der Waals surface area (Å²) in [4.78, 5) is 15.7. The molecule has 3 aromatic rings. The molecule has 0 aliphatic heterocycles. The maximum Gasteiger partial charge on any atom is 0.271 e. The molecule has 0 aliphatic rings. The Morgan fingerprint density at radius 2 is 2.00 bits per heavy atom. The lowest BCUT2D eigenvalue weighted by Gasteiger charge is -2.02. The normalized spacial score (nSPS) is 10.9. The summed E-state index contributed by atoms with van der Waals surface area (Å²) in [5.41, 5.74) is 4.90. The zero-order chi connectivity index (χ0) is 16.9. The van der Waals surface area contributed by atoms with Crippen LogP contribution in [0, 0.1) is 6.92 Å². The van der Waals surface area contributed by atoms with Crippen molar-refractivity contribution in [3.05, 3.63) is 76.8 Å². The lowest BCUT2D eigenvalue weighted by atomic mass is 10.1. The van der Waals surface area contributed by atoms with E-state index in [0.29, 0.717) is 22.1 Å². The van der Waals surface area contributed by atoms with Crippen molar-refractivity contribution in [2.45, 2.75) is 6.92 Å². The van der Waals surface area contributed by atoms with E-state index in [4.69, 9.17) is 16.0 Å². The first-order valence-corrected chi connectivity index (χ1v) is 7.61. The summed E-state index contributed by atoms with van der Waals surface area (Å²) in [5.74, 6) is 0.905. The van der Waals surface area contributed by atoms with E-state index in [9.17, 15) is 4.79 Å². The molecule has 0 radical (unpaired) electrons. The molecule has 5 nitrogen and oxygen atoms in total. The van der Waals surface area contributed by atoms with E-state index < -0.39 is 0 Å². The summed E-state index contributed by atoms with van der Waals surface area (Å²) in [6, 6.07) is 12.4. The van der Waals surface area contributed by atoms with Crippen LogP contribution < -0.4 is 5.43 Å². The number of hydrazone groups is 1. The Balaban J connectivity index is 1.70. The minimum atomic E-state index is -0.314. The highest BCUT2D eigenvalue weighted by Gasteiger charge is 2.08. The van der Waals surface area contributed by atoms with Crippen molar-refractivity contribution in [2.75, 3.05) is 0 Å². The molecule has 1 amide bonds. The number of aromatic nitrogens is 1. The van der Waals surface area contributed by atoms with Crippen molar-refractivity contribution in [3.8, 4) is 11.3 Å². The molecule has 1 aromatic carbocycles. The van der Waals surface area contributed by atoms with Crippen molar-refractivity contribution in [1.29, 1.82) is 0 Å². The SMILES string of the molecule is Cc1ccc(Cl)cc1-c1ccc(/C=N\NC(=O)c2ccncc2)o1. The average Bonchev–Trinajstić information content (AvgIpc) is 3.06. The molecule has 0 unspecified atom stereocenters. The largest absolute Gasteiger partial charge is 0.455 e. The number of nitrogens with one attached hydrogen (secondary N) is 1. The molecule has 0 spiro atoms. The van der Waals surface area contributed by atoms with Gasteiger partial charge in [-0.25, -0.2) is 5.43 Å². The van der Waals surface area contributed by atoms with E-state index in [0.717, 1.165) is 11.1 Å². The van der Waals surface area contributed by atoms with Crippen LogP contribution in [0.4, 0.5) is 0 Å². The Morgan fingerprint density at radius 3 is 2.79 bits per heavy atom. The minimum Gasteiger partial charge on any atom is -0.455 e. The van der Waals surface area contributed by atoms with Crippen LogP contribution in [0.1, 0.15) is 21.7 Å². The van der Waals surface area contributed by atoms with Gasteiger partial charge in [0.15, 0.2) is 0 Å². The molecule has 0 saturated carbocycles. The van der Waals surface area contributed by atoms with Crippen molar-refractivity contribution < 1.29 is 9.21 Å². The minimum absolute atomic E-state index is 0.314. The first-order chi connectivity index (χ1) is 11.6. The van der Waals surface area contributed by atoms with Gasteiger partial charge in [0.1, 0.15) is 11.5 Å². The van der Waals surface area contributed by atoms with Crippen molar-refractivity contribution in [1.82, 2.24) is 10.4 Å². The number of halogens is 1. The molecule has 2 heterocycles. The van der Waals surface area contributed by atoms with Gasteiger partial charge in [-0.05, 0) is 48.9 Å². The molecule has 0 atom stereocenters. The molecular weight excluding hydrogens is 326 g/mol. The Kier molecular flexibility index (Phi) is 4.72. The summed E-state index contributed by atoms with van der Waals surface area (Å²) >= 11 is 6.03. The Hall–Kier alpha value is -2.92. The van der Waals surface area contributed by atoms with Crippen LogP contribution >= 0.6 is 11.6 Å². The monoisotopic (exact) mass is 339 g/mol. The highest BCUT2D eigenvalue weighted by atomic mass is 35.5. The van der Waals surface area contributed by atoms with Crippen LogP contribution in [0.5, 0.6) is 0 Å². The van der Waals surface area contributed by atoms with Gasteiger partial charge in [-0.1, -0.05) is 17.7 Å². The fraction of sp³-hybridized carbons (Fsp3) is 0.0556. The lowest BCUT2D eigenvalue weighted by molar-refractivity contribution is 0.0955. The van der Waals surface area contributed by atoms with Crippen LogP contribution in [-0.4, -0.2) is 17.1 Å². The standard InChI is InChI=1S/C18H14ClN3O2/c1-12-2-3-14(19)10-16(12)17-5-4-15(24-17)11-21-22-18(23)13-6-8-20-9-7-13/h2-11H,1H3,(H,22,23)/b21-11-. The number of benzene rings is 1. The summed E-state index contributed by atoms with van der Waals surface area (Å²) in [7, 11) is 0. The molecule has 24 heavy (non-hydrogen) atoms. The number of rotatable bonds is 4. The molecule has 3 rings (SSSR count). The number of hydrogen-bond donors (Lipinski definition) is 1. The topological polar surface area (TPSA) is 67.5 Å². The number of hydrogen-bond acceptors (Lipinski definition) is 4. The third-order valence-electron chi connectivity index (χ3n) is 3.39. The van der Waals surface area contributed by atoms with Crippen LogP contribution in [0.2, 0.25) is 5.02 Å². The van der Waals surface area contributed by atoms with Gasteiger partial charge in [0, 0.05) is 28.5 Å². The number of amides is 1. The number of furan rings is 1. The number of aryl methyl sites for hydroxylation is 1. The maximum atomic E-state index is 11.8. The van der Waals surface area contributed by atoms with Crippen molar-refractivity contribution in [3.63, 3.8) is 0 Å². The average molecular weight is 340 g/mol. The molecule has 0 aliphatic carbocycles. The zero-order valence-corrected chi connectivity index (χ0v) is 13.6. The number of carbonyl (C=O) groups excluding carboxylic acids is 1. The molecule has 0 fully saturated rings. The number of carbonyl (C=O) groups is 1. The zero-order valence-electron chi connectivity index (χ0n) is 12.9. The highest BCUT2D eigenvalue weighted by molar-refractivity contribution is 6.30. The van der Waals surface area contributed by atoms with Crippen molar-refractivity contribution >= 4 is 23.7 Å². The summed E-state index contributed by atoms with van der Waals surface area (Å²) in [5, 5.41) is 4.55. The second-order valence-corrected chi connectivity index (χ2v) is 5.53. The second kappa shape index (κ2) is 7.10. The molecule has 1 N–H and O–H groups in total. The Morgan fingerprint density at radius 1 is 1.21 bits per heavy atom. The van der Waals surface area contributed by atoms with Gasteiger partial charge >= 0.3 is 0 Å². The van der Waals surface area contributed by atoms with E-state index in [1.54, 1.807) is 30.6 Å². The Labute approximate surface area is 144 Å². The molecule has 6 heteroatoms. The van der Waals surface area contributed by atoms with Gasteiger partial charge in [-0.3, -0.25) is 9.78 Å². The highest BCUT2D eigenvalue weighted by Crippen LogP contribution is 2.27. The third-order valence-corrected chi connectivity index (χ3v) is 3.63. The molecule has 120 valence electrons. The summed E-state index contributed by atoms with van der Waals surface area (Å²) in [6.45, 7) is 1.98. The van der Waals surface area contributed by atoms with Gasteiger partial charge in [-0.15, -0.1) is 0 Å². The lowest BCUT2D eigenvalue weighted by Crippen LogP contribution is -2.17. The first kappa shape index (κ1) is 16.0. The van der Waals surface area contributed by atoms with E-state index in [-0.39, 0.29) is 5.91 Å². The van der Waals surface area contributed by atoms with Crippen LogP contribution in [0.3, 0.4) is 0 Å². The van der Waals surface area contributed by atoms with E-state index in [2.05, 4.69) is 15.5 Å². The quantitative estimate of drug-likeness (QED) is 0.575. The predicted octanol–water partition coefficient (Wildman–Crippen LogP) is 4.07. The smallest absolute Gasteiger partial charge is 0.271 e. The van der Waals surface area contributed by atoms with E-state index in [1.165, 1.54) is 6.21 Å². The van der Waals surface area contributed by atoms with Gasteiger partial charge in [-0.2, -0.15) is 5.10 Å². The molecular formula is C18H14ClN3O2. The van der Waals surface area contributed by atoms with Gasteiger partial charge in [0.05, 0.1) is 6.21 Å². The van der Waals surface area contributed by atoms with Crippen LogP contribution in [0.25, 0.3) is 11.3 Å². The first-order valence-electron chi connectivity index (χ1n) is 7.23. The summed E-state index contributed by atoms with van der Waals surface area (Å²) in [6.07, 6.45) is 4.54. The fourth-order valence-electron chi connectivity index (χ4n) is 2.15. The van der Waals surface area contributed by atoms with Gasteiger partial charge < -0.3 is 4.42 Å². The van der Waals surface area contributed by atoms with Crippen LogP contribution in [0.15, 0.2) is 64.4 Å². The summed E-state index contributed by atoms with van der Waals surface area (Å²) < 4.78 is 5.72. The van der Waals surface area contributed by atoms with E-state index >= 15 is 0 Å². The maximum absolute atomic E-state index is 11.8. The second-order valence-electron chi connectivity index (χ2n) is 5.10. The van der Waals surface area contributed by atoms with Gasteiger partial charge in [0.2, 0.25) is 0 Å². The van der Waals surface area contributed by atoms with E-state index in [1.807, 2.05) is 31.2 Å². The number of pyridine rings is 1.